The van der Waals surface area contributed by atoms with Gasteiger partial charge in [-0.3, -0.25) is 0 Å². The first kappa shape index (κ1) is 13.8. The third-order valence-corrected chi connectivity index (χ3v) is 5.41. The topological polar surface area (TPSA) is 58.0 Å². The molecule has 108 valence electrons. The fourth-order valence-electron chi connectivity index (χ4n) is 2.82. The highest BCUT2D eigenvalue weighted by atomic mass is 32.1. The third-order valence-electron chi connectivity index (χ3n) is 4.32. The van der Waals surface area contributed by atoms with Gasteiger partial charge in [0.1, 0.15) is 12.1 Å². The molecule has 0 aromatic carbocycles. The number of aliphatic hydroxyl groups is 1. The van der Waals surface area contributed by atoms with Crippen LogP contribution in [0.1, 0.15) is 38.2 Å². The van der Waals surface area contributed by atoms with Gasteiger partial charge in [-0.1, -0.05) is 6.92 Å². The molecular formula is C15H21N3OS. The lowest BCUT2D eigenvalue weighted by Gasteiger charge is -2.35. The number of aryl methyl sites for hydroxylation is 1. The molecule has 4 nitrogen and oxygen atoms in total. The minimum Gasteiger partial charge on any atom is -0.388 e. The summed E-state index contributed by atoms with van der Waals surface area (Å²) in [6.45, 7) is 4.89. The Morgan fingerprint density at radius 3 is 2.90 bits per heavy atom. The Hall–Kier alpha value is -1.20. The number of hydrogen-bond acceptors (Lipinski definition) is 5. The molecule has 0 spiro atoms. The van der Waals surface area contributed by atoms with Gasteiger partial charge in [0.2, 0.25) is 0 Å². The van der Waals surface area contributed by atoms with E-state index in [0.29, 0.717) is 6.54 Å². The van der Waals surface area contributed by atoms with Crippen LogP contribution in [0.25, 0.3) is 10.2 Å². The van der Waals surface area contributed by atoms with Crippen molar-refractivity contribution < 1.29 is 5.11 Å². The van der Waals surface area contributed by atoms with Gasteiger partial charge in [0.25, 0.3) is 0 Å². The van der Waals surface area contributed by atoms with E-state index < -0.39 is 5.60 Å². The molecule has 0 amide bonds. The van der Waals surface area contributed by atoms with E-state index in [0.717, 1.165) is 47.6 Å². The van der Waals surface area contributed by atoms with Gasteiger partial charge < -0.3 is 10.4 Å². The smallest absolute Gasteiger partial charge is 0.147 e. The average Bonchev–Trinajstić information content (AvgIpc) is 2.83. The molecule has 1 aliphatic rings. The summed E-state index contributed by atoms with van der Waals surface area (Å²) in [5.41, 5.74) is 1.60. The zero-order valence-corrected chi connectivity index (χ0v) is 12.8. The molecule has 2 aromatic rings. The molecule has 0 atom stereocenters. The first-order chi connectivity index (χ1) is 9.57. The van der Waals surface area contributed by atoms with E-state index in [4.69, 9.17) is 0 Å². The lowest BCUT2D eigenvalue weighted by Crippen LogP contribution is -2.40. The SMILES string of the molecule is Cc1csc2c(NCC3(O)CCC(C)CC3)ncnc12. The van der Waals surface area contributed by atoms with Crippen molar-refractivity contribution in [3.8, 4) is 0 Å². The quantitative estimate of drug-likeness (QED) is 0.910. The Morgan fingerprint density at radius 2 is 2.15 bits per heavy atom. The molecule has 3 rings (SSSR count). The Kier molecular flexibility index (Phi) is 3.65. The first-order valence-electron chi connectivity index (χ1n) is 7.22. The molecule has 20 heavy (non-hydrogen) atoms. The monoisotopic (exact) mass is 291 g/mol. The van der Waals surface area contributed by atoms with Crippen LogP contribution in [0, 0.1) is 12.8 Å². The van der Waals surface area contributed by atoms with E-state index in [9.17, 15) is 5.11 Å². The van der Waals surface area contributed by atoms with E-state index in [1.54, 1.807) is 17.7 Å². The predicted molar refractivity (Wildman–Crippen MR) is 83.2 cm³/mol. The van der Waals surface area contributed by atoms with Gasteiger partial charge in [-0.2, -0.15) is 0 Å². The van der Waals surface area contributed by atoms with Crippen LogP contribution in [0.4, 0.5) is 5.82 Å². The Labute approximate surface area is 123 Å². The van der Waals surface area contributed by atoms with Crippen molar-refractivity contribution in [1.29, 1.82) is 0 Å². The summed E-state index contributed by atoms with van der Waals surface area (Å²) in [7, 11) is 0. The molecular weight excluding hydrogens is 270 g/mol. The van der Waals surface area contributed by atoms with E-state index in [-0.39, 0.29) is 0 Å². The predicted octanol–water partition coefficient (Wildman–Crippen LogP) is 3.35. The second kappa shape index (κ2) is 5.30. The van der Waals surface area contributed by atoms with Crippen LogP contribution in [0.2, 0.25) is 0 Å². The van der Waals surface area contributed by atoms with Crippen molar-refractivity contribution in [2.75, 3.05) is 11.9 Å². The minimum absolute atomic E-state index is 0.572. The third kappa shape index (κ3) is 2.65. The summed E-state index contributed by atoms with van der Waals surface area (Å²) in [5.74, 6) is 1.58. The van der Waals surface area contributed by atoms with Gasteiger partial charge in [-0.05, 0) is 49.5 Å². The largest absolute Gasteiger partial charge is 0.388 e. The number of hydrogen-bond donors (Lipinski definition) is 2. The molecule has 5 heteroatoms. The molecule has 1 fully saturated rings. The average molecular weight is 291 g/mol. The number of thiophene rings is 1. The molecule has 0 aliphatic heterocycles. The summed E-state index contributed by atoms with van der Waals surface area (Å²) < 4.78 is 1.08. The van der Waals surface area contributed by atoms with Gasteiger partial charge in [0.15, 0.2) is 0 Å². The van der Waals surface area contributed by atoms with Crippen LogP contribution < -0.4 is 5.32 Å². The second-order valence-electron chi connectivity index (χ2n) is 6.08. The molecule has 1 saturated carbocycles. The van der Waals surface area contributed by atoms with Crippen molar-refractivity contribution in [2.45, 2.75) is 45.1 Å². The van der Waals surface area contributed by atoms with Crippen molar-refractivity contribution in [1.82, 2.24) is 9.97 Å². The maximum absolute atomic E-state index is 10.6. The van der Waals surface area contributed by atoms with Crippen LogP contribution in [0.5, 0.6) is 0 Å². The number of rotatable bonds is 3. The van der Waals surface area contributed by atoms with Crippen LogP contribution >= 0.6 is 11.3 Å². The molecule has 0 bridgehead atoms. The molecule has 2 N–H and O–H groups in total. The van der Waals surface area contributed by atoms with Gasteiger partial charge >= 0.3 is 0 Å². The maximum atomic E-state index is 10.6. The molecule has 0 radical (unpaired) electrons. The first-order valence-corrected chi connectivity index (χ1v) is 8.10. The highest BCUT2D eigenvalue weighted by molar-refractivity contribution is 7.18. The Bertz CT molecular complexity index is 602. The Morgan fingerprint density at radius 1 is 1.40 bits per heavy atom. The summed E-state index contributed by atoms with van der Waals surface area (Å²) in [6, 6.07) is 0. The van der Waals surface area contributed by atoms with Crippen LogP contribution in [-0.4, -0.2) is 27.2 Å². The van der Waals surface area contributed by atoms with Gasteiger partial charge in [0.05, 0.1) is 15.8 Å². The van der Waals surface area contributed by atoms with E-state index in [1.165, 1.54) is 5.56 Å². The lowest BCUT2D eigenvalue weighted by molar-refractivity contribution is 0.00497. The number of aromatic nitrogens is 2. The second-order valence-corrected chi connectivity index (χ2v) is 6.96. The summed E-state index contributed by atoms with van der Waals surface area (Å²) >= 11 is 1.66. The van der Waals surface area contributed by atoms with Crippen molar-refractivity contribution in [3.05, 3.63) is 17.3 Å². The lowest BCUT2D eigenvalue weighted by atomic mass is 9.79. The molecule has 0 saturated heterocycles. The van der Waals surface area contributed by atoms with E-state index in [1.807, 2.05) is 0 Å². The molecule has 0 unspecified atom stereocenters. The summed E-state index contributed by atoms with van der Waals surface area (Å²) in [5, 5.41) is 16.1. The number of anilines is 1. The van der Waals surface area contributed by atoms with Crippen LogP contribution in [0.3, 0.4) is 0 Å². The van der Waals surface area contributed by atoms with Gasteiger partial charge in [-0.15, -0.1) is 11.3 Å². The van der Waals surface area contributed by atoms with Crippen molar-refractivity contribution in [2.24, 2.45) is 5.92 Å². The normalized spacial score (nSPS) is 26.9. The summed E-state index contributed by atoms with van der Waals surface area (Å²) in [4.78, 5) is 8.65. The molecule has 2 aromatic heterocycles. The Balaban J connectivity index is 1.74. The van der Waals surface area contributed by atoms with Gasteiger partial charge in [-0.25, -0.2) is 9.97 Å². The zero-order valence-electron chi connectivity index (χ0n) is 12.0. The highest BCUT2D eigenvalue weighted by Gasteiger charge is 2.31. The zero-order chi connectivity index (χ0) is 14.2. The van der Waals surface area contributed by atoms with Gasteiger partial charge in [0, 0.05) is 6.54 Å². The maximum Gasteiger partial charge on any atom is 0.147 e. The van der Waals surface area contributed by atoms with Crippen LogP contribution in [-0.2, 0) is 0 Å². The van der Waals surface area contributed by atoms with E-state index >= 15 is 0 Å². The van der Waals surface area contributed by atoms with Crippen molar-refractivity contribution in [3.63, 3.8) is 0 Å². The number of fused-ring (bicyclic) bond motifs is 1. The van der Waals surface area contributed by atoms with E-state index in [2.05, 4.69) is 34.5 Å². The molecule has 1 aliphatic carbocycles. The fraction of sp³-hybridized carbons (Fsp3) is 0.600. The number of nitrogens with zero attached hydrogens (tertiary/aromatic N) is 2. The standard InChI is InChI=1S/C15H21N3OS/c1-10-3-5-15(19,6-4-10)8-16-14-13-12(17-9-18-14)11(2)7-20-13/h7,9-10,19H,3-6,8H2,1-2H3,(H,16,17,18). The van der Waals surface area contributed by atoms with Crippen LogP contribution in [0.15, 0.2) is 11.7 Å². The molecule has 2 heterocycles. The minimum atomic E-state index is -0.587. The number of nitrogens with one attached hydrogen (secondary N) is 1. The summed E-state index contributed by atoms with van der Waals surface area (Å²) in [6.07, 6.45) is 5.56. The highest BCUT2D eigenvalue weighted by Crippen LogP contribution is 2.33. The van der Waals surface area contributed by atoms with Crippen molar-refractivity contribution >= 4 is 27.4 Å². The fourth-order valence-corrected chi connectivity index (χ4v) is 3.79.